The van der Waals surface area contributed by atoms with E-state index < -0.39 is 0 Å². The van der Waals surface area contributed by atoms with Crippen molar-refractivity contribution in [1.29, 1.82) is 0 Å². The number of nitrogens with zero attached hydrogens (tertiary/aromatic N) is 4. The Bertz CT molecular complexity index is 384. The Labute approximate surface area is 107 Å². The SMILES string of the molecule is CCCn1ncnc1CNCC(=O)N1CCCC1. The highest BCUT2D eigenvalue weighted by Gasteiger charge is 2.17. The second-order valence-electron chi connectivity index (χ2n) is 4.59. The van der Waals surface area contributed by atoms with Crippen LogP contribution in [0.3, 0.4) is 0 Å². The van der Waals surface area contributed by atoms with Crippen LogP contribution in [-0.4, -0.2) is 45.2 Å². The van der Waals surface area contributed by atoms with E-state index in [0.717, 1.165) is 44.7 Å². The minimum atomic E-state index is 0.189. The molecule has 6 nitrogen and oxygen atoms in total. The molecule has 0 spiro atoms. The number of hydrogen-bond donors (Lipinski definition) is 1. The lowest BCUT2D eigenvalue weighted by Crippen LogP contribution is -2.36. The zero-order valence-electron chi connectivity index (χ0n) is 10.9. The highest BCUT2D eigenvalue weighted by atomic mass is 16.2. The van der Waals surface area contributed by atoms with Crippen LogP contribution in [0.2, 0.25) is 0 Å². The zero-order chi connectivity index (χ0) is 12.8. The number of carbonyl (C=O) groups excluding carboxylic acids is 1. The molecule has 100 valence electrons. The van der Waals surface area contributed by atoms with Gasteiger partial charge in [0.1, 0.15) is 12.2 Å². The average Bonchev–Trinajstić information content (AvgIpc) is 3.01. The lowest BCUT2D eigenvalue weighted by Gasteiger charge is -2.15. The summed E-state index contributed by atoms with van der Waals surface area (Å²) in [6.07, 6.45) is 4.87. The molecule has 0 aliphatic carbocycles. The Morgan fingerprint density at radius 3 is 2.94 bits per heavy atom. The summed E-state index contributed by atoms with van der Waals surface area (Å²) in [5.41, 5.74) is 0. The minimum Gasteiger partial charge on any atom is -0.342 e. The summed E-state index contributed by atoms with van der Waals surface area (Å²) in [7, 11) is 0. The zero-order valence-corrected chi connectivity index (χ0v) is 10.9. The van der Waals surface area contributed by atoms with Gasteiger partial charge in [-0.05, 0) is 19.3 Å². The topological polar surface area (TPSA) is 63.1 Å². The molecule has 1 fully saturated rings. The van der Waals surface area contributed by atoms with E-state index in [0.29, 0.717) is 13.1 Å². The monoisotopic (exact) mass is 251 g/mol. The number of hydrogen-bond acceptors (Lipinski definition) is 4. The first-order valence-corrected chi connectivity index (χ1v) is 6.66. The van der Waals surface area contributed by atoms with Crippen LogP contribution in [-0.2, 0) is 17.9 Å². The minimum absolute atomic E-state index is 0.189. The number of nitrogens with one attached hydrogen (secondary N) is 1. The highest BCUT2D eigenvalue weighted by molar-refractivity contribution is 5.78. The Kier molecular flexibility index (Phi) is 4.69. The van der Waals surface area contributed by atoms with E-state index in [9.17, 15) is 4.79 Å². The van der Waals surface area contributed by atoms with Crippen molar-refractivity contribution >= 4 is 5.91 Å². The van der Waals surface area contributed by atoms with Gasteiger partial charge < -0.3 is 10.2 Å². The molecule has 1 N–H and O–H groups in total. The molecule has 0 saturated carbocycles. The maximum atomic E-state index is 11.8. The van der Waals surface area contributed by atoms with Crippen LogP contribution < -0.4 is 5.32 Å². The number of aromatic nitrogens is 3. The molecule has 6 heteroatoms. The average molecular weight is 251 g/mol. The fourth-order valence-electron chi connectivity index (χ4n) is 2.18. The van der Waals surface area contributed by atoms with Crippen molar-refractivity contribution in [3.05, 3.63) is 12.2 Å². The maximum absolute atomic E-state index is 11.8. The van der Waals surface area contributed by atoms with Gasteiger partial charge in [-0.1, -0.05) is 6.92 Å². The quantitative estimate of drug-likeness (QED) is 0.795. The third kappa shape index (κ3) is 3.29. The van der Waals surface area contributed by atoms with Crippen molar-refractivity contribution in [2.45, 2.75) is 39.3 Å². The molecule has 18 heavy (non-hydrogen) atoms. The summed E-state index contributed by atoms with van der Waals surface area (Å²) < 4.78 is 1.88. The molecule has 1 aromatic rings. The van der Waals surface area contributed by atoms with Crippen molar-refractivity contribution in [2.75, 3.05) is 19.6 Å². The van der Waals surface area contributed by atoms with Gasteiger partial charge in [0.2, 0.25) is 5.91 Å². The Hall–Kier alpha value is -1.43. The van der Waals surface area contributed by atoms with E-state index in [4.69, 9.17) is 0 Å². The molecule has 2 rings (SSSR count). The molecule has 2 heterocycles. The van der Waals surface area contributed by atoms with Crippen molar-refractivity contribution in [3.8, 4) is 0 Å². The van der Waals surface area contributed by atoms with Gasteiger partial charge in [-0.25, -0.2) is 9.67 Å². The van der Waals surface area contributed by atoms with E-state index in [1.807, 2.05) is 9.58 Å². The smallest absolute Gasteiger partial charge is 0.236 e. The van der Waals surface area contributed by atoms with E-state index in [1.165, 1.54) is 0 Å². The van der Waals surface area contributed by atoms with Crippen LogP contribution in [0.15, 0.2) is 6.33 Å². The van der Waals surface area contributed by atoms with Gasteiger partial charge in [-0.3, -0.25) is 4.79 Å². The lowest BCUT2D eigenvalue weighted by molar-refractivity contribution is -0.129. The van der Waals surface area contributed by atoms with Gasteiger partial charge in [0, 0.05) is 19.6 Å². The van der Waals surface area contributed by atoms with Crippen LogP contribution in [0.5, 0.6) is 0 Å². The van der Waals surface area contributed by atoms with Gasteiger partial charge in [0.05, 0.1) is 13.1 Å². The Balaban J connectivity index is 1.74. The first-order chi connectivity index (χ1) is 8.81. The van der Waals surface area contributed by atoms with Gasteiger partial charge in [-0.15, -0.1) is 0 Å². The van der Waals surface area contributed by atoms with E-state index >= 15 is 0 Å². The number of amides is 1. The lowest BCUT2D eigenvalue weighted by atomic mass is 10.4. The predicted octanol–water partition coefficient (Wildman–Crippen LogP) is 0.400. The van der Waals surface area contributed by atoms with Crippen molar-refractivity contribution in [2.24, 2.45) is 0 Å². The van der Waals surface area contributed by atoms with Crippen LogP contribution in [0.4, 0.5) is 0 Å². The summed E-state index contributed by atoms with van der Waals surface area (Å²) in [6, 6.07) is 0. The molecule has 0 bridgehead atoms. The van der Waals surface area contributed by atoms with E-state index in [1.54, 1.807) is 6.33 Å². The molecule has 1 amide bonds. The van der Waals surface area contributed by atoms with Gasteiger partial charge >= 0.3 is 0 Å². The summed E-state index contributed by atoms with van der Waals surface area (Å²) in [5, 5.41) is 7.30. The molecular weight excluding hydrogens is 230 g/mol. The fraction of sp³-hybridized carbons (Fsp3) is 0.750. The second kappa shape index (κ2) is 6.49. The third-order valence-electron chi connectivity index (χ3n) is 3.15. The highest BCUT2D eigenvalue weighted by Crippen LogP contribution is 2.06. The van der Waals surface area contributed by atoms with Gasteiger partial charge in [-0.2, -0.15) is 5.10 Å². The fourth-order valence-corrected chi connectivity index (χ4v) is 2.18. The van der Waals surface area contributed by atoms with Gasteiger partial charge in [0.15, 0.2) is 0 Å². The molecule has 1 saturated heterocycles. The first kappa shape index (κ1) is 13.0. The van der Waals surface area contributed by atoms with Crippen LogP contribution >= 0.6 is 0 Å². The summed E-state index contributed by atoms with van der Waals surface area (Å²) in [5.74, 6) is 1.08. The van der Waals surface area contributed by atoms with E-state index in [2.05, 4.69) is 22.3 Å². The van der Waals surface area contributed by atoms with Gasteiger partial charge in [0.25, 0.3) is 0 Å². The van der Waals surface area contributed by atoms with E-state index in [-0.39, 0.29) is 5.91 Å². The first-order valence-electron chi connectivity index (χ1n) is 6.66. The van der Waals surface area contributed by atoms with Crippen LogP contribution in [0.25, 0.3) is 0 Å². The molecule has 0 aromatic carbocycles. The number of likely N-dealkylation sites (tertiary alicyclic amines) is 1. The van der Waals surface area contributed by atoms with Crippen molar-refractivity contribution in [1.82, 2.24) is 25.0 Å². The predicted molar refractivity (Wildman–Crippen MR) is 67.8 cm³/mol. The normalized spacial score (nSPS) is 15.3. The molecule has 0 atom stereocenters. The summed E-state index contributed by atoms with van der Waals surface area (Å²) in [6.45, 7) is 5.78. The van der Waals surface area contributed by atoms with Crippen molar-refractivity contribution in [3.63, 3.8) is 0 Å². The molecule has 0 unspecified atom stereocenters. The van der Waals surface area contributed by atoms with Crippen LogP contribution in [0, 0.1) is 0 Å². The largest absolute Gasteiger partial charge is 0.342 e. The summed E-state index contributed by atoms with van der Waals surface area (Å²) in [4.78, 5) is 17.9. The molecule has 0 radical (unpaired) electrons. The van der Waals surface area contributed by atoms with Crippen LogP contribution in [0.1, 0.15) is 32.0 Å². The molecule has 1 aliphatic heterocycles. The summed E-state index contributed by atoms with van der Waals surface area (Å²) >= 11 is 0. The molecular formula is C12H21N5O. The Morgan fingerprint density at radius 2 is 2.22 bits per heavy atom. The number of carbonyl (C=O) groups is 1. The Morgan fingerprint density at radius 1 is 1.44 bits per heavy atom. The molecule has 1 aliphatic rings. The number of aryl methyl sites for hydroxylation is 1. The maximum Gasteiger partial charge on any atom is 0.236 e. The molecule has 1 aromatic heterocycles. The standard InChI is InChI=1S/C12H21N5O/c1-2-5-17-11(14-10-15-17)8-13-9-12(18)16-6-3-4-7-16/h10,13H,2-9H2,1H3. The number of rotatable bonds is 6. The second-order valence-corrected chi connectivity index (χ2v) is 4.59. The van der Waals surface area contributed by atoms with Crippen molar-refractivity contribution < 1.29 is 4.79 Å². The third-order valence-corrected chi connectivity index (χ3v) is 3.15.